The fraction of sp³-hybridized carbons (Fsp3) is 0.0909. The van der Waals surface area contributed by atoms with E-state index in [4.69, 9.17) is 0 Å². The highest BCUT2D eigenvalue weighted by Crippen LogP contribution is 2.22. The normalized spacial score (nSPS) is 10.4. The second-order valence-corrected chi connectivity index (χ2v) is 8.49. The highest BCUT2D eigenvalue weighted by Gasteiger charge is 2.08. The Bertz CT molecular complexity index is 990. The number of hydrogen-bond donors (Lipinski definition) is 2. The van der Waals surface area contributed by atoms with Gasteiger partial charge in [-0.2, -0.15) is 0 Å². The lowest BCUT2D eigenvalue weighted by atomic mass is 10.1. The minimum atomic E-state index is -0.151. The quantitative estimate of drug-likeness (QED) is 0.342. The van der Waals surface area contributed by atoms with Gasteiger partial charge in [0.2, 0.25) is 5.91 Å². The summed E-state index contributed by atoms with van der Waals surface area (Å²) >= 11 is 3.65. The maximum Gasteiger partial charge on any atom is 0.255 e. The van der Waals surface area contributed by atoms with Gasteiger partial charge in [0, 0.05) is 25.4 Å². The molecule has 0 bridgehead atoms. The number of hydrogen-bond acceptors (Lipinski definition) is 3. The van der Waals surface area contributed by atoms with Crippen molar-refractivity contribution in [1.82, 2.24) is 0 Å². The van der Waals surface area contributed by atoms with Gasteiger partial charge in [0.15, 0.2) is 0 Å². The summed E-state index contributed by atoms with van der Waals surface area (Å²) < 4.78 is 1.12. The number of thioether (sulfide) groups is 1. The molecule has 3 aromatic carbocycles. The van der Waals surface area contributed by atoms with E-state index in [1.165, 1.54) is 11.8 Å². The van der Waals surface area contributed by atoms with Crippen molar-refractivity contribution in [1.29, 1.82) is 0 Å². The molecule has 0 spiro atoms. The molecule has 0 fully saturated rings. The van der Waals surface area contributed by atoms with Crippen LogP contribution in [0.5, 0.6) is 0 Å². The molecule has 0 aromatic heterocycles. The predicted octanol–water partition coefficient (Wildman–Crippen LogP) is 5.58. The largest absolute Gasteiger partial charge is 0.325 e. The van der Waals surface area contributed by atoms with E-state index in [1.54, 1.807) is 6.07 Å². The molecule has 0 radical (unpaired) electrons. The van der Waals surface area contributed by atoms with Crippen molar-refractivity contribution in [3.63, 3.8) is 0 Å². The van der Waals surface area contributed by atoms with E-state index in [-0.39, 0.29) is 11.8 Å². The summed E-state index contributed by atoms with van der Waals surface area (Å²) in [6.45, 7) is 1.95. The number of nitrogens with one attached hydrogen (secondary N) is 2. The zero-order chi connectivity index (χ0) is 19.9. The predicted molar refractivity (Wildman–Crippen MR) is 124 cm³/mol. The summed E-state index contributed by atoms with van der Waals surface area (Å²) in [5.74, 6) is 0.0732. The maximum absolute atomic E-state index is 12.4. The van der Waals surface area contributed by atoms with Crippen LogP contribution in [0.4, 0.5) is 11.4 Å². The SMILES string of the molecule is Cc1cccc(C(=O)Nc2cccc(SCC(=O)Nc3ccc(I)cc3)c2)c1. The molecule has 0 saturated carbocycles. The third kappa shape index (κ3) is 6.10. The van der Waals surface area contributed by atoms with Gasteiger partial charge in [-0.15, -0.1) is 11.8 Å². The van der Waals surface area contributed by atoms with Crippen LogP contribution in [0, 0.1) is 10.5 Å². The van der Waals surface area contributed by atoms with Crippen LogP contribution in [-0.4, -0.2) is 17.6 Å². The van der Waals surface area contributed by atoms with Gasteiger partial charge in [-0.05, 0) is 84.1 Å². The second-order valence-electron chi connectivity index (χ2n) is 6.20. The van der Waals surface area contributed by atoms with E-state index in [1.807, 2.05) is 73.7 Å². The third-order valence-corrected chi connectivity index (χ3v) is 5.58. The van der Waals surface area contributed by atoms with Crippen LogP contribution >= 0.6 is 34.4 Å². The molecule has 2 amide bonds. The number of anilines is 2. The zero-order valence-corrected chi connectivity index (χ0v) is 18.2. The van der Waals surface area contributed by atoms with Crippen molar-refractivity contribution in [2.24, 2.45) is 0 Å². The summed E-state index contributed by atoms with van der Waals surface area (Å²) in [5, 5.41) is 5.79. The zero-order valence-electron chi connectivity index (χ0n) is 15.2. The van der Waals surface area contributed by atoms with E-state index in [0.717, 1.165) is 19.7 Å². The molecule has 142 valence electrons. The molecule has 0 aliphatic carbocycles. The van der Waals surface area contributed by atoms with Gasteiger partial charge in [0.05, 0.1) is 5.75 Å². The lowest BCUT2D eigenvalue weighted by Crippen LogP contribution is -2.14. The molecule has 0 heterocycles. The lowest BCUT2D eigenvalue weighted by molar-refractivity contribution is -0.113. The first kappa shape index (κ1) is 20.4. The molecule has 28 heavy (non-hydrogen) atoms. The molecule has 0 saturated heterocycles. The lowest BCUT2D eigenvalue weighted by Gasteiger charge is -2.08. The molecular formula is C22H19IN2O2S. The Labute approximate surface area is 182 Å². The van der Waals surface area contributed by atoms with Crippen LogP contribution in [0.3, 0.4) is 0 Å². The minimum absolute atomic E-state index is 0.0691. The number of amides is 2. The van der Waals surface area contributed by atoms with Gasteiger partial charge in [0.1, 0.15) is 0 Å². The Hall–Kier alpha value is -2.32. The number of rotatable bonds is 6. The van der Waals surface area contributed by atoms with Crippen molar-refractivity contribution < 1.29 is 9.59 Å². The first-order chi connectivity index (χ1) is 13.5. The molecule has 2 N–H and O–H groups in total. The fourth-order valence-electron chi connectivity index (χ4n) is 2.53. The van der Waals surface area contributed by atoms with Gasteiger partial charge in [-0.1, -0.05) is 23.8 Å². The van der Waals surface area contributed by atoms with E-state index < -0.39 is 0 Å². The first-order valence-electron chi connectivity index (χ1n) is 8.66. The number of halogens is 1. The van der Waals surface area contributed by atoms with Crippen LogP contribution in [0.25, 0.3) is 0 Å². The van der Waals surface area contributed by atoms with Crippen LogP contribution in [0.1, 0.15) is 15.9 Å². The highest BCUT2D eigenvalue weighted by atomic mass is 127. The van der Waals surface area contributed by atoms with Crippen LogP contribution in [-0.2, 0) is 4.79 Å². The number of carbonyl (C=O) groups excluding carboxylic acids is 2. The average molecular weight is 502 g/mol. The third-order valence-electron chi connectivity index (χ3n) is 3.87. The Morgan fingerprint density at radius 3 is 2.39 bits per heavy atom. The standard InChI is InChI=1S/C22H19IN2O2S/c1-15-4-2-5-16(12-15)22(27)25-19-6-3-7-20(13-19)28-14-21(26)24-18-10-8-17(23)9-11-18/h2-13H,14H2,1H3,(H,24,26)(H,25,27). The Morgan fingerprint density at radius 1 is 0.893 bits per heavy atom. The van der Waals surface area contributed by atoms with Gasteiger partial charge >= 0.3 is 0 Å². The average Bonchev–Trinajstić information content (AvgIpc) is 2.68. The molecule has 0 aliphatic heterocycles. The van der Waals surface area contributed by atoms with Crippen molar-refractivity contribution in [3.05, 3.63) is 87.5 Å². The van der Waals surface area contributed by atoms with Crippen molar-refractivity contribution in [2.45, 2.75) is 11.8 Å². The van der Waals surface area contributed by atoms with Gasteiger partial charge in [-0.3, -0.25) is 9.59 Å². The van der Waals surface area contributed by atoms with E-state index in [9.17, 15) is 9.59 Å². The maximum atomic E-state index is 12.4. The Morgan fingerprint density at radius 2 is 1.64 bits per heavy atom. The van der Waals surface area contributed by atoms with Crippen molar-refractivity contribution >= 4 is 57.5 Å². The minimum Gasteiger partial charge on any atom is -0.325 e. The van der Waals surface area contributed by atoms with Crippen LogP contribution in [0.2, 0.25) is 0 Å². The van der Waals surface area contributed by atoms with Gasteiger partial charge in [0.25, 0.3) is 5.91 Å². The van der Waals surface area contributed by atoms with Crippen LogP contribution in [0.15, 0.2) is 77.7 Å². The molecule has 0 unspecified atom stereocenters. The molecule has 3 aromatic rings. The smallest absolute Gasteiger partial charge is 0.255 e. The molecule has 3 rings (SSSR count). The van der Waals surface area contributed by atoms with E-state index >= 15 is 0 Å². The molecule has 6 heteroatoms. The van der Waals surface area contributed by atoms with E-state index in [0.29, 0.717) is 17.0 Å². The Kier molecular flexibility index (Phi) is 7.11. The van der Waals surface area contributed by atoms with Gasteiger partial charge in [-0.25, -0.2) is 0 Å². The monoisotopic (exact) mass is 502 g/mol. The van der Waals surface area contributed by atoms with Crippen molar-refractivity contribution in [2.75, 3.05) is 16.4 Å². The van der Waals surface area contributed by atoms with Gasteiger partial charge < -0.3 is 10.6 Å². The molecule has 0 aliphatic rings. The second kappa shape index (κ2) is 9.75. The fourth-order valence-corrected chi connectivity index (χ4v) is 3.65. The number of aryl methyl sites for hydroxylation is 1. The summed E-state index contributed by atoms with van der Waals surface area (Å²) in [4.78, 5) is 25.5. The number of benzene rings is 3. The van der Waals surface area contributed by atoms with Crippen molar-refractivity contribution in [3.8, 4) is 0 Å². The topological polar surface area (TPSA) is 58.2 Å². The summed E-state index contributed by atoms with van der Waals surface area (Å²) in [5.41, 5.74) is 3.14. The van der Waals surface area contributed by atoms with Crippen LogP contribution < -0.4 is 10.6 Å². The Balaban J connectivity index is 1.56. The molecule has 0 atom stereocenters. The summed E-state index contributed by atoms with van der Waals surface area (Å²) in [7, 11) is 0. The summed E-state index contributed by atoms with van der Waals surface area (Å²) in [6, 6.07) is 22.6. The first-order valence-corrected chi connectivity index (χ1v) is 10.7. The summed E-state index contributed by atoms with van der Waals surface area (Å²) in [6.07, 6.45) is 0. The number of carbonyl (C=O) groups is 2. The van der Waals surface area contributed by atoms with E-state index in [2.05, 4.69) is 33.2 Å². The highest BCUT2D eigenvalue weighted by molar-refractivity contribution is 14.1. The molecule has 4 nitrogen and oxygen atoms in total. The molecular weight excluding hydrogens is 483 g/mol.